The number of fused-ring (bicyclic) bond motifs is 2. The number of hydrogen-bond donors (Lipinski definition) is 2. The third-order valence-electron chi connectivity index (χ3n) is 4.80. The Balaban J connectivity index is 1.23. The number of carbonyl (C=O) groups excluding carboxylic acids is 1. The van der Waals surface area contributed by atoms with Crippen molar-refractivity contribution in [3.8, 4) is 11.5 Å². The van der Waals surface area contributed by atoms with E-state index in [0.29, 0.717) is 42.5 Å². The van der Waals surface area contributed by atoms with E-state index in [9.17, 15) is 13.2 Å². The Labute approximate surface area is 187 Å². The Morgan fingerprint density at radius 1 is 1.09 bits per heavy atom. The number of amides is 1. The normalized spacial score (nSPS) is 13.1. The number of carbonyl (C=O) groups is 1. The second-order valence-electron chi connectivity index (χ2n) is 7.00. The number of anilines is 1. The van der Waals surface area contributed by atoms with Crippen molar-refractivity contribution in [3.63, 3.8) is 0 Å². The Bertz CT molecular complexity index is 1360. The molecule has 3 heterocycles. The van der Waals surface area contributed by atoms with E-state index in [1.165, 1.54) is 35.6 Å². The molecule has 1 amide bonds. The van der Waals surface area contributed by atoms with Crippen LogP contribution in [0.3, 0.4) is 0 Å². The van der Waals surface area contributed by atoms with Crippen molar-refractivity contribution in [2.24, 2.45) is 0 Å². The lowest BCUT2D eigenvalue weighted by molar-refractivity contribution is 0.0950. The molecule has 1 aliphatic heterocycles. The lowest BCUT2D eigenvalue weighted by Crippen LogP contribution is -2.23. The molecular formula is C21H18N4O5S2. The van der Waals surface area contributed by atoms with Crippen LogP contribution in [-0.4, -0.2) is 36.9 Å². The second-order valence-corrected chi connectivity index (χ2v) is 9.55. The first-order valence-electron chi connectivity index (χ1n) is 9.70. The molecule has 5 rings (SSSR count). The van der Waals surface area contributed by atoms with Crippen molar-refractivity contribution >= 4 is 37.9 Å². The van der Waals surface area contributed by atoms with Crippen molar-refractivity contribution in [2.45, 2.75) is 11.4 Å². The van der Waals surface area contributed by atoms with E-state index in [1.54, 1.807) is 18.2 Å². The summed E-state index contributed by atoms with van der Waals surface area (Å²) in [6, 6.07) is 10.6. The molecule has 2 aromatic carbocycles. The van der Waals surface area contributed by atoms with Gasteiger partial charge in [-0.05, 0) is 36.4 Å². The fraction of sp³-hybridized carbons (Fsp3) is 0.143. The first-order valence-corrected chi connectivity index (χ1v) is 12.1. The van der Waals surface area contributed by atoms with Gasteiger partial charge in [-0.3, -0.25) is 13.9 Å². The predicted molar refractivity (Wildman–Crippen MR) is 119 cm³/mol. The molecule has 4 aromatic rings. The van der Waals surface area contributed by atoms with Crippen LogP contribution in [0.4, 0.5) is 5.69 Å². The van der Waals surface area contributed by atoms with Gasteiger partial charge in [0.2, 0.25) is 0 Å². The number of sulfonamides is 1. The highest BCUT2D eigenvalue weighted by Gasteiger charge is 2.19. The molecule has 0 saturated carbocycles. The van der Waals surface area contributed by atoms with Gasteiger partial charge in [0, 0.05) is 35.1 Å². The number of imidazole rings is 1. The van der Waals surface area contributed by atoms with Gasteiger partial charge in [0.15, 0.2) is 16.5 Å². The molecule has 2 N–H and O–H groups in total. The molecule has 0 unspecified atom stereocenters. The molecule has 164 valence electrons. The van der Waals surface area contributed by atoms with Crippen molar-refractivity contribution in [2.75, 3.05) is 17.9 Å². The Hall–Kier alpha value is -3.57. The topological polar surface area (TPSA) is 111 Å². The summed E-state index contributed by atoms with van der Waals surface area (Å²) in [6.07, 6.45) is 3.77. The van der Waals surface area contributed by atoms with Crippen LogP contribution in [0.25, 0.3) is 4.96 Å². The maximum Gasteiger partial charge on any atom is 0.262 e. The van der Waals surface area contributed by atoms with Crippen LogP contribution in [0.5, 0.6) is 11.5 Å². The summed E-state index contributed by atoms with van der Waals surface area (Å²) in [6.45, 7) is 1.09. The average Bonchev–Trinajstić information content (AvgIpc) is 3.39. The number of thiazole rings is 1. The zero-order valence-electron chi connectivity index (χ0n) is 16.6. The summed E-state index contributed by atoms with van der Waals surface area (Å²) in [7, 11) is -3.83. The minimum atomic E-state index is -3.83. The highest BCUT2D eigenvalue weighted by atomic mass is 32.2. The monoisotopic (exact) mass is 470 g/mol. The van der Waals surface area contributed by atoms with Crippen molar-refractivity contribution in [1.82, 2.24) is 14.7 Å². The van der Waals surface area contributed by atoms with Crippen LogP contribution < -0.4 is 19.5 Å². The zero-order chi connectivity index (χ0) is 22.1. The van der Waals surface area contributed by atoms with Gasteiger partial charge < -0.3 is 14.8 Å². The average molecular weight is 471 g/mol. The van der Waals surface area contributed by atoms with Gasteiger partial charge in [-0.25, -0.2) is 13.4 Å². The highest BCUT2D eigenvalue weighted by Crippen LogP contribution is 2.32. The summed E-state index contributed by atoms with van der Waals surface area (Å²) in [5.74, 6) is 0.632. The fourth-order valence-electron chi connectivity index (χ4n) is 3.23. The minimum absolute atomic E-state index is 0.0588. The molecule has 0 atom stereocenters. The van der Waals surface area contributed by atoms with Gasteiger partial charge in [0.05, 0.1) is 17.1 Å². The number of nitrogens with zero attached hydrogens (tertiary/aromatic N) is 2. The second kappa shape index (κ2) is 8.17. The van der Waals surface area contributed by atoms with Crippen molar-refractivity contribution in [1.29, 1.82) is 0 Å². The molecule has 0 saturated heterocycles. The van der Waals surface area contributed by atoms with Gasteiger partial charge >= 0.3 is 0 Å². The molecule has 0 aliphatic carbocycles. The first-order chi connectivity index (χ1) is 15.5. The van der Waals surface area contributed by atoms with Gasteiger partial charge in [-0.15, -0.1) is 11.3 Å². The van der Waals surface area contributed by atoms with Crippen LogP contribution >= 0.6 is 11.3 Å². The number of hydrogen-bond acceptors (Lipinski definition) is 7. The number of nitrogens with one attached hydrogen (secondary N) is 2. The Kier molecular flexibility index (Phi) is 5.19. The summed E-state index contributed by atoms with van der Waals surface area (Å²) in [5, 5.41) is 4.75. The van der Waals surface area contributed by atoms with Crippen molar-refractivity contribution < 1.29 is 22.7 Å². The largest absolute Gasteiger partial charge is 0.486 e. The molecular weight excluding hydrogens is 452 g/mol. The lowest BCUT2D eigenvalue weighted by Gasteiger charge is -2.19. The molecule has 1 aliphatic rings. The van der Waals surface area contributed by atoms with E-state index in [0.717, 1.165) is 10.7 Å². The van der Waals surface area contributed by atoms with E-state index in [1.807, 2.05) is 22.2 Å². The van der Waals surface area contributed by atoms with E-state index in [4.69, 9.17) is 9.47 Å². The molecule has 0 radical (unpaired) electrons. The van der Waals surface area contributed by atoms with E-state index in [-0.39, 0.29) is 10.8 Å². The SMILES string of the molecule is O=C(NCc1cn2ccsc2n1)c1ccc(NS(=O)(=O)c2ccc3c(c2)OCCO3)cc1. The third kappa shape index (κ3) is 4.12. The smallest absolute Gasteiger partial charge is 0.262 e. The summed E-state index contributed by atoms with van der Waals surface area (Å²) in [5.41, 5.74) is 1.51. The maximum atomic E-state index is 12.7. The number of rotatable bonds is 6. The van der Waals surface area contributed by atoms with Crippen molar-refractivity contribution in [3.05, 3.63) is 71.5 Å². The zero-order valence-corrected chi connectivity index (χ0v) is 18.3. The number of benzene rings is 2. The van der Waals surface area contributed by atoms with Crippen LogP contribution in [0.1, 0.15) is 16.1 Å². The summed E-state index contributed by atoms with van der Waals surface area (Å²) in [4.78, 5) is 17.8. The van der Waals surface area contributed by atoms with Gasteiger partial charge in [0.1, 0.15) is 13.2 Å². The highest BCUT2D eigenvalue weighted by molar-refractivity contribution is 7.92. The molecule has 0 fully saturated rings. The molecule has 32 heavy (non-hydrogen) atoms. The van der Waals surface area contributed by atoms with Gasteiger partial charge in [0.25, 0.3) is 15.9 Å². The minimum Gasteiger partial charge on any atom is -0.486 e. The summed E-state index contributed by atoms with van der Waals surface area (Å²) < 4.78 is 40.7. The molecule has 0 spiro atoms. The third-order valence-corrected chi connectivity index (χ3v) is 6.95. The standard InChI is InChI=1S/C21H18N4O5S2/c26-20(22-12-16-13-25-7-10-31-21(25)23-16)14-1-3-15(4-2-14)24-32(27,28)17-5-6-18-19(11-17)30-9-8-29-18/h1-7,10-11,13,24H,8-9,12H2,(H,22,26). The fourth-order valence-corrected chi connectivity index (χ4v) is 5.02. The van der Waals surface area contributed by atoms with Crippen LogP contribution in [0.2, 0.25) is 0 Å². The Morgan fingerprint density at radius 2 is 1.88 bits per heavy atom. The first kappa shape index (κ1) is 20.3. The Morgan fingerprint density at radius 3 is 2.66 bits per heavy atom. The summed E-state index contributed by atoms with van der Waals surface area (Å²) >= 11 is 1.52. The molecule has 2 aromatic heterocycles. The quantitative estimate of drug-likeness (QED) is 0.448. The van der Waals surface area contributed by atoms with Crippen LogP contribution in [-0.2, 0) is 16.6 Å². The van der Waals surface area contributed by atoms with E-state index < -0.39 is 10.0 Å². The van der Waals surface area contributed by atoms with Crippen LogP contribution in [0.15, 0.2) is 65.1 Å². The number of aromatic nitrogens is 2. The molecule has 11 heteroatoms. The van der Waals surface area contributed by atoms with Gasteiger partial charge in [-0.1, -0.05) is 0 Å². The maximum absolute atomic E-state index is 12.7. The van der Waals surface area contributed by atoms with Gasteiger partial charge in [-0.2, -0.15) is 0 Å². The number of ether oxygens (including phenoxy) is 2. The van der Waals surface area contributed by atoms with E-state index >= 15 is 0 Å². The van der Waals surface area contributed by atoms with Crippen LogP contribution in [0, 0.1) is 0 Å². The molecule has 9 nitrogen and oxygen atoms in total. The predicted octanol–water partition coefficient (Wildman–Crippen LogP) is 2.90. The van der Waals surface area contributed by atoms with E-state index in [2.05, 4.69) is 15.0 Å². The lowest BCUT2D eigenvalue weighted by atomic mass is 10.2. The molecule has 0 bridgehead atoms.